The number of esters is 1. The predicted molar refractivity (Wildman–Crippen MR) is 101 cm³/mol. The number of rotatable bonds is 7. The van der Waals surface area contributed by atoms with Crippen molar-refractivity contribution in [3.05, 3.63) is 54.3 Å². The minimum atomic E-state index is -1.05. The zero-order chi connectivity index (χ0) is 20.7. The summed E-state index contributed by atoms with van der Waals surface area (Å²) in [7, 11) is 0. The smallest absolute Gasteiger partial charge is 0.347 e. The quantitative estimate of drug-likeness (QED) is 0.711. The van der Waals surface area contributed by atoms with Gasteiger partial charge in [0.05, 0.1) is 0 Å². The first-order valence-electron chi connectivity index (χ1n) is 8.56. The first-order valence-corrected chi connectivity index (χ1v) is 8.56. The van der Waals surface area contributed by atoms with Crippen LogP contribution in [0.4, 0.5) is 15.8 Å². The van der Waals surface area contributed by atoms with Crippen LogP contribution < -0.4 is 15.4 Å². The van der Waals surface area contributed by atoms with Gasteiger partial charge in [-0.2, -0.15) is 0 Å². The summed E-state index contributed by atoms with van der Waals surface area (Å²) in [5.41, 5.74) is 1.08. The van der Waals surface area contributed by atoms with Crippen LogP contribution in [0.2, 0.25) is 0 Å². The lowest BCUT2D eigenvalue weighted by molar-refractivity contribution is -0.159. The highest BCUT2D eigenvalue weighted by Crippen LogP contribution is 2.15. The summed E-state index contributed by atoms with van der Waals surface area (Å²) in [5, 5.41) is 5.23. The van der Waals surface area contributed by atoms with Gasteiger partial charge >= 0.3 is 5.97 Å². The SMILES string of the molecule is CC(=O)Nc1ccc(NC(=O)[C@@H](C)OC(=O)[C@H](C)Oc2ccc(F)cc2)cc1. The van der Waals surface area contributed by atoms with Crippen LogP contribution in [0.25, 0.3) is 0 Å². The van der Waals surface area contributed by atoms with Crippen LogP contribution in [0.1, 0.15) is 20.8 Å². The van der Waals surface area contributed by atoms with E-state index < -0.39 is 29.9 Å². The van der Waals surface area contributed by atoms with Gasteiger partial charge in [0.15, 0.2) is 12.2 Å². The molecule has 2 rings (SSSR count). The average Bonchev–Trinajstić information content (AvgIpc) is 2.64. The van der Waals surface area contributed by atoms with Gasteiger partial charge in [0, 0.05) is 18.3 Å². The highest BCUT2D eigenvalue weighted by molar-refractivity contribution is 5.95. The zero-order valence-corrected chi connectivity index (χ0v) is 15.7. The van der Waals surface area contributed by atoms with E-state index in [2.05, 4.69) is 10.6 Å². The van der Waals surface area contributed by atoms with Gasteiger partial charge in [0.25, 0.3) is 5.91 Å². The number of carbonyl (C=O) groups is 3. The van der Waals surface area contributed by atoms with Crippen LogP contribution in [0, 0.1) is 5.82 Å². The highest BCUT2D eigenvalue weighted by Gasteiger charge is 2.23. The summed E-state index contributed by atoms with van der Waals surface area (Å²) in [6, 6.07) is 11.7. The topological polar surface area (TPSA) is 93.7 Å². The fourth-order valence-electron chi connectivity index (χ4n) is 2.17. The van der Waals surface area contributed by atoms with E-state index in [-0.39, 0.29) is 5.91 Å². The van der Waals surface area contributed by atoms with E-state index in [1.165, 1.54) is 45.0 Å². The Morgan fingerprint density at radius 3 is 1.93 bits per heavy atom. The van der Waals surface area contributed by atoms with Gasteiger partial charge in [0.1, 0.15) is 11.6 Å². The molecule has 2 N–H and O–H groups in total. The Morgan fingerprint density at radius 1 is 0.857 bits per heavy atom. The van der Waals surface area contributed by atoms with Crippen molar-refractivity contribution in [2.45, 2.75) is 33.0 Å². The van der Waals surface area contributed by atoms with Crippen LogP contribution in [0.15, 0.2) is 48.5 Å². The summed E-state index contributed by atoms with van der Waals surface area (Å²) in [6.45, 7) is 4.30. The monoisotopic (exact) mass is 388 g/mol. The van der Waals surface area contributed by atoms with Gasteiger partial charge < -0.3 is 20.1 Å². The molecule has 28 heavy (non-hydrogen) atoms. The summed E-state index contributed by atoms with van der Waals surface area (Å²) < 4.78 is 23.4. The molecule has 0 heterocycles. The largest absolute Gasteiger partial charge is 0.479 e. The van der Waals surface area contributed by atoms with Crippen LogP contribution in [0.5, 0.6) is 5.75 Å². The van der Waals surface area contributed by atoms with Gasteiger partial charge in [-0.3, -0.25) is 9.59 Å². The number of ether oxygens (including phenoxy) is 2. The van der Waals surface area contributed by atoms with Crippen molar-refractivity contribution in [1.29, 1.82) is 0 Å². The van der Waals surface area contributed by atoms with Crippen molar-refractivity contribution in [2.24, 2.45) is 0 Å². The van der Waals surface area contributed by atoms with E-state index in [0.717, 1.165) is 0 Å². The van der Waals surface area contributed by atoms with Crippen LogP contribution >= 0.6 is 0 Å². The summed E-state index contributed by atoms with van der Waals surface area (Å²) >= 11 is 0. The molecule has 0 spiro atoms. The zero-order valence-electron chi connectivity index (χ0n) is 15.7. The summed E-state index contributed by atoms with van der Waals surface area (Å²) in [6.07, 6.45) is -2.03. The number of hydrogen-bond donors (Lipinski definition) is 2. The Bertz CT molecular complexity index is 837. The van der Waals surface area contributed by atoms with Crippen LogP contribution in [-0.4, -0.2) is 30.0 Å². The van der Waals surface area contributed by atoms with Gasteiger partial charge in [-0.25, -0.2) is 9.18 Å². The van der Waals surface area contributed by atoms with E-state index in [9.17, 15) is 18.8 Å². The standard InChI is InChI=1S/C20H21FN2O5/c1-12(19(25)23-17-8-6-16(7-9-17)22-14(3)24)28-20(26)13(2)27-18-10-4-15(21)5-11-18/h4-13H,1-3H3,(H,22,24)(H,23,25)/t12-,13+/m1/s1. The Balaban J connectivity index is 1.85. The maximum Gasteiger partial charge on any atom is 0.347 e. The molecule has 2 aromatic rings. The minimum absolute atomic E-state index is 0.200. The molecule has 0 radical (unpaired) electrons. The predicted octanol–water partition coefficient (Wildman–Crippen LogP) is 3.12. The van der Waals surface area contributed by atoms with E-state index in [4.69, 9.17) is 9.47 Å². The third-order valence-corrected chi connectivity index (χ3v) is 3.59. The number of benzene rings is 2. The van der Waals surface area contributed by atoms with E-state index >= 15 is 0 Å². The van der Waals surface area contributed by atoms with Gasteiger partial charge in [0.2, 0.25) is 5.91 Å². The maximum absolute atomic E-state index is 12.9. The third kappa shape index (κ3) is 6.39. The fourth-order valence-corrected chi connectivity index (χ4v) is 2.17. The molecular formula is C20H21FN2O5. The van der Waals surface area contributed by atoms with Crippen molar-refractivity contribution < 1.29 is 28.2 Å². The molecule has 0 bridgehead atoms. The Labute approximate surface area is 161 Å². The van der Waals surface area contributed by atoms with E-state index in [1.54, 1.807) is 24.3 Å². The molecule has 2 amide bonds. The molecule has 0 aliphatic heterocycles. The molecule has 0 aromatic heterocycles. The average molecular weight is 388 g/mol. The molecule has 7 nitrogen and oxygen atoms in total. The van der Waals surface area contributed by atoms with E-state index in [1.807, 2.05) is 0 Å². The molecule has 2 atom stereocenters. The van der Waals surface area contributed by atoms with Crippen molar-refractivity contribution in [2.75, 3.05) is 10.6 Å². The van der Waals surface area contributed by atoms with Crippen molar-refractivity contribution in [3.63, 3.8) is 0 Å². The lowest BCUT2D eigenvalue weighted by atomic mass is 10.2. The van der Waals surface area contributed by atoms with Crippen molar-refractivity contribution in [1.82, 2.24) is 0 Å². The third-order valence-electron chi connectivity index (χ3n) is 3.59. The second kappa shape index (κ2) is 9.50. The Kier molecular flexibility index (Phi) is 7.08. The van der Waals surface area contributed by atoms with E-state index in [0.29, 0.717) is 17.1 Å². The van der Waals surface area contributed by atoms with Crippen molar-refractivity contribution >= 4 is 29.2 Å². The van der Waals surface area contributed by atoms with Crippen molar-refractivity contribution in [3.8, 4) is 5.75 Å². The molecule has 8 heteroatoms. The first-order chi connectivity index (χ1) is 13.2. The number of anilines is 2. The summed E-state index contributed by atoms with van der Waals surface area (Å²) in [4.78, 5) is 35.3. The van der Waals surface area contributed by atoms with Gasteiger partial charge in [-0.15, -0.1) is 0 Å². The molecule has 2 aromatic carbocycles. The molecule has 0 aliphatic rings. The lowest BCUT2D eigenvalue weighted by Gasteiger charge is -2.18. The molecular weight excluding hydrogens is 367 g/mol. The Morgan fingerprint density at radius 2 is 1.39 bits per heavy atom. The number of halogens is 1. The maximum atomic E-state index is 12.9. The first kappa shape index (κ1) is 20.9. The van der Waals surface area contributed by atoms with Gasteiger partial charge in [-0.05, 0) is 62.4 Å². The molecule has 0 unspecified atom stereocenters. The normalized spacial score (nSPS) is 12.4. The highest BCUT2D eigenvalue weighted by atomic mass is 19.1. The van der Waals surface area contributed by atoms with Crippen LogP contribution in [-0.2, 0) is 19.1 Å². The lowest BCUT2D eigenvalue weighted by Crippen LogP contribution is -2.35. The second-order valence-corrected chi connectivity index (χ2v) is 6.04. The number of hydrogen-bond acceptors (Lipinski definition) is 5. The van der Waals surface area contributed by atoms with Crippen LogP contribution in [0.3, 0.4) is 0 Å². The molecule has 0 saturated heterocycles. The molecule has 148 valence electrons. The summed E-state index contributed by atoms with van der Waals surface area (Å²) in [5.74, 6) is -1.56. The Hall–Kier alpha value is -3.42. The second-order valence-electron chi connectivity index (χ2n) is 6.04. The number of amides is 2. The molecule has 0 saturated carbocycles. The molecule has 0 fully saturated rings. The molecule has 0 aliphatic carbocycles. The number of nitrogens with one attached hydrogen (secondary N) is 2. The fraction of sp³-hybridized carbons (Fsp3) is 0.250. The van der Waals surface area contributed by atoms with Gasteiger partial charge in [-0.1, -0.05) is 0 Å². The number of carbonyl (C=O) groups excluding carboxylic acids is 3. The minimum Gasteiger partial charge on any atom is -0.479 e.